The zero-order valence-electron chi connectivity index (χ0n) is 19.4. The first-order chi connectivity index (χ1) is 12.5. The van der Waals surface area contributed by atoms with E-state index in [1.54, 1.807) is 7.11 Å². The minimum absolute atomic E-state index is 0.0670. The van der Waals surface area contributed by atoms with Gasteiger partial charge in [0.05, 0.1) is 18.0 Å². The normalized spacial score (nSPS) is 30.0. The summed E-state index contributed by atoms with van der Waals surface area (Å²) in [4.78, 5) is 0. The lowest BCUT2D eigenvalue weighted by atomic mass is 9.88. The minimum atomic E-state index is -1.74. The second-order valence-corrected chi connectivity index (χ2v) is 18.3. The van der Waals surface area contributed by atoms with Crippen LogP contribution in [0.5, 0.6) is 0 Å². The van der Waals surface area contributed by atoms with Gasteiger partial charge in [-0.25, -0.2) is 0 Å². The summed E-state index contributed by atoms with van der Waals surface area (Å²) in [5.41, 5.74) is 0. The van der Waals surface area contributed by atoms with Crippen molar-refractivity contribution < 1.29 is 18.3 Å². The molecule has 0 radical (unpaired) electrons. The van der Waals surface area contributed by atoms with Gasteiger partial charge in [-0.1, -0.05) is 41.5 Å². The molecule has 0 heterocycles. The lowest BCUT2D eigenvalue weighted by Crippen LogP contribution is -2.48. The molecule has 0 aliphatic heterocycles. The molecule has 4 nitrogen and oxygen atoms in total. The molecule has 0 saturated carbocycles. The van der Waals surface area contributed by atoms with Crippen molar-refractivity contribution >= 4 is 16.6 Å². The van der Waals surface area contributed by atoms with E-state index < -0.39 is 16.6 Å². The van der Waals surface area contributed by atoms with E-state index in [1.807, 2.05) is 0 Å². The maximum atomic E-state index is 7.05. The van der Waals surface area contributed by atoms with Crippen LogP contribution in [0.1, 0.15) is 41.5 Å². The Labute approximate surface area is 170 Å². The summed E-state index contributed by atoms with van der Waals surface area (Å²) in [7, 11) is -1.76. The molecule has 5 atom stereocenters. The fourth-order valence-corrected chi connectivity index (χ4v) is 8.17. The van der Waals surface area contributed by atoms with E-state index in [0.29, 0.717) is 6.79 Å². The Bertz CT molecular complexity index is 463. The van der Waals surface area contributed by atoms with Gasteiger partial charge in [-0.2, -0.15) is 0 Å². The molecule has 0 amide bonds. The van der Waals surface area contributed by atoms with Gasteiger partial charge in [0.25, 0.3) is 0 Å². The molecule has 0 spiro atoms. The number of hydrogen-bond acceptors (Lipinski definition) is 4. The zero-order valence-corrected chi connectivity index (χ0v) is 21.4. The maximum Gasteiger partial charge on any atom is 0.241 e. The van der Waals surface area contributed by atoms with Crippen LogP contribution in [0, 0.1) is 17.8 Å². The van der Waals surface area contributed by atoms with Crippen LogP contribution < -0.4 is 0 Å². The maximum absolute atomic E-state index is 7.05. The average molecular weight is 417 g/mol. The van der Waals surface area contributed by atoms with E-state index in [0.717, 1.165) is 23.9 Å². The summed E-state index contributed by atoms with van der Waals surface area (Å²) < 4.78 is 24.9. The SMILES string of the molecule is CC[Si](CC)(CC)O[C@H]1[C@@H](C)[C@H](OCOC)[C@H](C)C=C(O[Si](C)(C)C)[C@H]1C. The predicted octanol–water partition coefficient (Wildman–Crippen LogP) is 6.02. The van der Waals surface area contributed by atoms with Gasteiger partial charge in [0.2, 0.25) is 8.32 Å². The van der Waals surface area contributed by atoms with Gasteiger partial charge in [-0.3, -0.25) is 0 Å². The van der Waals surface area contributed by atoms with Crippen LogP contribution in [0.4, 0.5) is 0 Å². The van der Waals surface area contributed by atoms with Crippen molar-refractivity contribution in [1.82, 2.24) is 0 Å². The summed E-state index contributed by atoms with van der Waals surface area (Å²) >= 11 is 0. The monoisotopic (exact) mass is 416 g/mol. The highest BCUT2D eigenvalue weighted by molar-refractivity contribution is 6.73. The highest BCUT2D eigenvalue weighted by Crippen LogP contribution is 2.39. The lowest BCUT2D eigenvalue weighted by Gasteiger charge is -2.41. The summed E-state index contributed by atoms with van der Waals surface area (Å²) in [6.07, 6.45) is 2.47. The molecule has 0 fully saturated rings. The third-order valence-electron chi connectivity index (χ3n) is 6.04. The molecule has 0 bridgehead atoms. The van der Waals surface area contributed by atoms with Gasteiger partial charge in [0.1, 0.15) is 6.79 Å². The van der Waals surface area contributed by atoms with Crippen molar-refractivity contribution in [2.75, 3.05) is 13.9 Å². The second kappa shape index (κ2) is 10.6. The van der Waals surface area contributed by atoms with Crippen molar-refractivity contribution in [2.45, 2.75) is 91.5 Å². The average Bonchev–Trinajstić information content (AvgIpc) is 2.67. The molecule has 0 N–H and O–H groups in total. The lowest BCUT2D eigenvalue weighted by molar-refractivity contribution is -0.118. The Morgan fingerprint density at radius 2 is 1.48 bits per heavy atom. The summed E-state index contributed by atoms with van der Waals surface area (Å²) in [5.74, 6) is 1.88. The molecule has 27 heavy (non-hydrogen) atoms. The van der Waals surface area contributed by atoms with Gasteiger partial charge in [0.15, 0.2) is 8.32 Å². The first-order valence-corrected chi connectivity index (χ1v) is 16.7. The quantitative estimate of drug-likeness (QED) is 0.322. The van der Waals surface area contributed by atoms with E-state index in [9.17, 15) is 0 Å². The van der Waals surface area contributed by atoms with E-state index in [2.05, 4.69) is 67.3 Å². The largest absolute Gasteiger partial charge is 0.547 e. The van der Waals surface area contributed by atoms with Crippen LogP contribution in [0.15, 0.2) is 11.8 Å². The molecule has 0 aromatic heterocycles. The number of methoxy groups -OCH3 is 1. The fourth-order valence-electron chi connectivity index (χ4n) is 4.22. The topological polar surface area (TPSA) is 36.9 Å². The molecule has 1 rings (SSSR count). The second-order valence-electron chi connectivity index (χ2n) is 9.15. The standard InChI is InChI=1S/C21H44O4Si2/c1-11-27(12-2,13-3)25-21-17(5)19(24-26(8,9)10)14-16(4)20(18(21)6)23-15-22-7/h14,16-18,20-21H,11-13,15H2,1-10H3/t16-,17-,18+,20-,21-/m1/s1. The van der Waals surface area contributed by atoms with Gasteiger partial charge in [-0.05, 0) is 43.8 Å². The van der Waals surface area contributed by atoms with Gasteiger partial charge in [0, 0.05) is 24.9 Å². The molecule has 160 valence electrons. The molecule has 0 aromatic rings. The first-order valence-electron chi connectivity index (χ1n) is 10.7. The molecule has 0 aromatic carbocycles. The summed E-state index contributed by atoms with van der Waals surface area (Å²) in [5, 5.41) is 0. The zero-order chi connectivity index (χ0) is 20.8. The molecule has 0 unspecified atom stereocenters. The third-order valence-corrected chi connectivity index (χ3v) is 11.5. The highest BCUT2D eigenvalue weighted by atomic mass is 28.4. The van der Waals surface area contributed by atoms with Crippen LogP contribution in [0.25, 0.3) is 0 Å². The minimum Gasteiger partial charge on any atom is -0.547 e. The van der Waals surface area contributed by atoms with E-state index in [1.165, 1.54) is 0 Å². The summed E-state index contributed by atoms with van der Waals surface area (Å²) in [6.45, 7) is 20.7. The van der Waals surface area contributed by atoms with Gasteiger partial charge >= 0.3 is 0 Å². The van der Waals surface area contributed by atoms with Crippen molar-refractivity contribution in [3.05, 3.63) is 11.8 Å². The van der Waals surface area contributed by atoms with Gasteiger partial charge < -0.3 is 18.3 Å². The van der Waals surface area contributed by atoms with E-state index in [-0.39, 0.29) is 30.0 Å². The van der Waals surface area contributed by atoms with Crippen LogP contribution in [0.2, 0.25) is 37.8 Å². The van der Waals surface area contributed by atoms with Crippen LogP contribution in [-0.2, 0) is 18.3 Å². The van der Waals surface area contributed by atoms with Crippen molar-refractivity contribution in [2.24, 2.45) is 17.8 Å². The predicted molar refractivity (Wildman–Crippen MR) is 119 cm³/mol. The van der Waals surface area contributed by atoms with Gasteiger partial charge in [-0.15, -0.1) is 0 Å². The van der Waals surface area contributed by atoms with Crippen molar-refractivity contribution in [3.8, 4) is 0 Å². The third kappa shape index (κ3) is 6.70. The fraction of sp³-hybridized carbons (Fsp3) is 0.905. The molecular weight excluding hydrogens is 372 g/mol. The molecule has 0 saturated heterocycles. The Balaban J connectivity index is 3.28. The van der Waals surface area contributed by atoms with Crippen LogP contribution in [-0.4, -0.2) is 42.7 Å². The molecular formula is C21H44O4Si2. The molecule has 1 aliphatic carbocycles. The Morgan fingerprint density at radius 1 is 0.926 bits per heavy atom. The Hall–Kier alpha value is -0.146. The van der Waals surface area contributed by atoms with E-state index >= 15 is 0 Å². The van der Waals surface area contributed by atoms with Crippen LogP contribution in [0.3, 0.4) is 0 Å². The number of hydrogen-bond donors (Lipinski definition) is 0. The highest BCUT2D eigenvalue weighted by Gasteiger charge is 2.43. The first kappa shape index (κ1) is 24.9. The molecule has 6 heteroatoms. The van der Waals surface area contributed by atoms with Crippen molar-refractivity contribution in [1.29, 1.82) is 0 Å². The van der Waals surface area contributed by atoms with Crippen LogP contribution >= 0.6 is 0 Å². The summed E-state index contributed by atoms with van der Waals surface area (Å²) in [6, 6.07) is 3.47. The number of rotatable bonds is 10. The van der Waals surface area contributed by atoms with E-state index in [4.69, 9.17) is 18.3 Å². The smallest absolute Gasteiger partial charge is 0.241 e. The molecule has 1 aliphatic rings. The Morgan fingerprint density at radius 3 is 1.93 bits per heavy atom. The Kier molecular flexibility index (Phi) is 9.75. The number of ether oxygens (including phenoxy) is 2. The van der Waals surface area contributed by atoms with Crippen molar-refractivity contribution in [3.63, 3.8) is 0 Å².